The molecule has 0 atom stereocenters. The second kappa shape index (κ2) is 8.18. The molecule has 0 radical (unpaired) electrons. The summed E-state index contributed by atoms with van der Waals surface area (Å²) in [7, 11) is 0. The zero-order valence-corrected chi connectivity index (χ0v) is 11.5. The topological polar surface area (TPSA) is 72.8 Å². The van der Waals surface area contributed by atoms with Crippen molar-refractivity contribution in [1.29, 1.82) is 0 Å². The van der Waals surface area contributed by atoms with Crippen molar-refractivity contribution in [1.82, 2.24) is 0 Å². The van der Waals surface area contributed by atoms with Crippen LogP contribution in [0.1, 0.15) is 24.5 Å². The minimum atomic E-state index is -2.96. The minimum absolute atomic E-state index is 0.0403. The van der Waals surface area contributed by atoms with E-state index in [-0.39, 0.29) is 31.6 Å². The zero-order valence-electron chi connectivity index (χ0n) is 11.5. The molecule has 0 aliphatic heterocycles. The third kappa shape index (κ3) is 6.20. The van der Waals surface area contributed by atoms with E-state index in [0.29, 0.717) is 11.1 Å². The molecule has 1 N–H and O–H groups in total. The molecule has 0 fully saturated rings. The van der Waals surface area contributed by atoms with Gasteiger partial charge in [0, 0.05) is 6.42 Å². The monoisotopic (exact) mass is 302 g/mol. The molecule has 21 heavy (non-hydrogen) atoms. The number of alkyl halides is 2. The molecule has 0 unspecified atom stereocenters. The summed E-state index contributed by atoms with van der Waals surface area (Å²) in [6, 6.07) is 4.01. The van der Waals surface area contributed by atoms with Crippen molar-refractivity contribution >= 4 is 11.9 Å². The van der Waals surface area contributed by atoms with Crippen molar-refractivity contribution in [3.8, 4) is 5.75 Å². The van der Waals surface area contributed by atoms with E-state index in [2.05, 4.69) is 4.74 Å². The Morgan fingerprint density at radius 1 is 1.29 bits per heavy atom. The summed E-state index contributed by atoms with van der Waals surface area (Å²) >= 11 is 0. The van der Waals surface area contributed by atoms with Crippen LogP contribution in [0.25, 0.3) is 0 Å². The molecule has 1 aromatic carbocycles. The quantitative estimate of drug-likeness (QED) is 0.747. The molecule has 1 rings (SSSR count). The molecule has 0 saturated heterocycles. The summed E-state index contributed by atoms with van der Waals surface area (Å²) in [5.74, 6) is -1.55. The van der Waals surface area contributed by atoms with Crippen LogP contribution in [0.4, 0.5) is 8.78 Å². The van der Waals surface area contributed by atoms with E-state index in [1.807, 2.05) is 0 Å². The minimum Gasteiger partial charge on any atom is -0.481 e. The Bertz CT molecular complexity index is 502. The van der Waals surface area contributed by atoms with Gasteiger partial charge in [-0.3, -0.25) is 9.59 Å². The largest absolute Gasteiger partial charge is 0.481 e. The Labute approximate surface area is 120 Å². The Hall–Kier alpha value is -2.18. The number of rotatable bonds is 8. The Morgan fingerprint density at radius 3 is 2.57 bits per heavy atom. The lowest BCUT2D eigenvalue weighted by Gasteiger charge is -2.11. The molecule has 0 aromatic heterocycles. The van der Waals surface area contributed by atoms with Gasteiger partial charge < -0.3 is 14.6 Å². The van der Waals surface area contributed by atoms with Crippen molar-refractivity contribution in [2.75, 3.05) is 6.61 Å². The Kier molecular flexibility index (Phi) is 6.58. The predicted molar refractivity (Wildman–Crippen MR) is 69.4 cm³/mol. The lowest BCUT2D eigenvalue weighted by molar-refractivity contribution is -0.143. The molecule has 0 amide bonds. The van der Waals surface area contributed by atoms with Gasteiger partial charge in [0.15, 0.2) is 0 Å². The predicted octanol–water partition coefficient (Wildman–Crippen LogP) is 2.41. The summed E-state index contributed by atoms with van der Waals surface area (Å²) in [5, 5.41) is 8.82. The number of carboxylic acid groups (broad SMARTS) is 1. The molecule has 0 bridgehead atoms. The van der Waals surface area contributed by atoms with Crippen molar-refractivity contribution < 1.29 is 33.0 Å². The molecule has 0 heterocycles. The van der Waals surface area contributed by atoms with Crippen LogP contribution in [-0.4, -0.2) is 30.3 Å². The molecule has 0 spiro atoms. The van der Waals surface area contributed by atoms with E-state index >= 15 is 0 Å². The smallest absolute Gasteiger partial charge is 0.387 e. The van der Waals surface area contributed by atoms with E-state index in [4.69, 9.17) is 9.84 Å². The van der Waals surface area contributed by atoms with Crippen molar-refractivity contribution in [2.24, 2.45) is 0 Å². The molecular weight excluding hydrogens is 286 g/mol. The third-order valence-corrected chi connectivity index (χ3v) is 2.65. The SMILES string of the molecule is CCOC(=O)CCc1cc(OC(F)F)ccc1CC(=O)O. The Morgan fingerprint density at radius 2 is 2.00 bits per heavy atom. The van der Waals surface area contributed by atoms with Gasteiger partial charge in [0.05, 0.1) is 13.0 Å². The zero-order chi connectivity index (χ0) is 15.8. The fourth-order valence-electron chi connectivity index (χ4n) is 1.82. The number of carboxylic acids is 1. The van der Waals surface area contributed by atoms with Crippen LogP contribution in [0.2, 0.25) is 0 Å². The highest BCUT2D eigenvalue weighted by molar-refractivity contribution is 5.72. The van der Waals surface area contributed by atoms with Crippen molar-refractivity contribution in [3.05, 3.63) is 29.3 Å². The Balaban J connectivity index is 2.87. The first-order valence-electron chi connectivity index (χ1n) is 6.36. The van der Waals surface area contributed by atoms with Crippen LogP contribution >= 0.6 is 0 Å². The number of aliphatic carboxylic acids is 1. The lowest BCUT2D eigenvalue weighted by atomic mass is 10.00. The van der Waals surface area contributed by atoms with Crippen LogP contribution in [0, 0.1) is 0 Å². The number of ether oxygens (including phenoxy) is 2. The molecule has 0 aliphatic rings. The highest BCUT2D eigenvalue weighted by atomic mass is 19.3. The number of carbonyl (C=O) groups excluding carboxylic acids is 1. The summed E-state index contributed by atoms with van der Waals surface area (Å²) in [4.78, 5) is 22.1. The maximum atomic E-state index is 12.2. The first-order chi connectivity index (χ1) is 9.92. The fourth-order valence-corrected chi connectivity index (χ4v) is 1.82. The van der Waals surface area contributed by atoms with E-state index in [9.17, 15) is 18.4 Å². The first kappa shape index (κ1) is 16.9. The third-order valence-electron chi connectivity index (χ3n) is 2.65. The van der Waals surface area contributed by atoms with Crippen LogP contribution < -0.4 is 4.74 Å². The highest BCUT2D eigenvalue weighted by Crippen LogP contribution is 2.22. The van der Waals surface area contributed by atoms with Gasteiger partial charge in [0.1, 0.15) is 5.75 Å². The normalized spacial score (nSPS) is 10.5. The number of halogens is 2. The molecule has 0 saturated carbocycles. The molecule has 116 valence electrons. The van der Waals surface area contributed by atoms with Gasteiger partial charge in [0.25, 0.3) is 0 Å². The number of carbonyl (C=O) groups is 2. The summed E-state index contributed by atoms with van der Waals surface area (Å²) in [6.45, 7) is -1.05. The van der Waals surface area contributed by atoms with Gasteiger partial charge in [-0.2, -0.15) is 8.78 Å². The molecular formula is C14H16F2O5. The second-order valence-electron chi connectivity index (χ2n) is 4.18. The van der Waals surface area contributed by atoms with Crippen LogP contribution in [0.15, 0.2) is 18.2 Å². The first-order valence-corrected chi connectivity index (χ1v) is 6.36. The van der Waals surface area contributed by atoms with Crippen LogP contribution in [-0.2, 0) is 27.2 Å². The number of hydrogen-bond donors (Lipinski definition) is 1. The van der Waals surface area contributed by atoms with Crippen LogP contribution in [0.3, 0.4) is 0 Å². The maximum absolute atomic E-state index is 12.2. The second-order valence-corrected chi connectivity index (χ2v) is 4.18. The number of benzene rings is 1. The summed E-state index contributed by atoms with van der Waals surface area (Å²) in [5.41, 5.74) is 0.928. The fraction of sp³-hybridized carbons (Fsp3) is 0.429. The molecule has 1 aromatic rings. The number of aryl methyl sites for hydroxylation is 1. The average molecular weight is 302 g/mol. The van der Waals surface area contributed by atoms with Gasteiger partial charge in [-0.15, -0.1) is 0 Å². The lowest BCUT2D eigenvalue weighted by Crippen LogP contribution is -2.09. The van der Waals surface area contributed by atoms with Crippen molar-refractivity contribution in [2.45, 2.75) is 32.8 Å². The average Bonchev–Trinajstić information content (AvgIpc) is 2.38. The maximum Gasteiger partial charge on any atom is 0.387 e. The van der Waals surface area contributed by atoms with E-state index in [1.165, 1.54) is 18.2 Å². The van der Waals surface area contributed by atoms with Gasteiger partial charge >= 0.3 is 18.6 Å². The number of hydrogen-bond acceptors (Lipinski definition) is 4. The van der Waals surface area contributed by atoms with Crippen LogP contribution in [0.5, 0.6) is 5.75 Å². The molecule has 0 aliphatic carbocycles. The van der Waals surface area contributed by atoms with E-state index < -0.39 is 18.6 Å². The molecule has 7 heteroatoms. The van der Waals surface area contributed by atoms with E-state index in [1.54, 1.807) is 6.92 Å². The number of esters is 1. The summed E-state index contributed by atoms with van der Waals surface area (Å²) in [6.07, 6.45) is -0.0202. The van der Waals surface area contributed by atoms with Gasteiger partial charge in [-0.1, -0.05) is 6.07 Å². The molecule has 5 nitrogen and oxygen atoms in total. The van der Waals surface area contributed by atoms with Gasteiger partial charge in [0.2, 0.25) is 0 Å². The highest BCUT2D eigenvalue weighted by Gasteiger charge is 2.12. The van der Waals surface area contributed by atoms with E-state index in [0.717, 1.165) is 0 Å². The standard InChI is InChI=1S/C14H16F2O5/c1-2-20-13(19)6-4-9-7-11(21-14(15)16)5-3-10(9)8-12(17)18/h3,5,7,14H,2,4,6,8H2,1H3,(H,17,18). The summed E-state index contributed by atoms with van der Waals surface area (Å²) < 4.78 is 33.4. The van der Waals surface area contributed by atoms with Crippen molar-refractivity contribution in [3.63, 3.8) is 0 Å². The van der Waals surface area contributed by atoms with Gasteiger partial charge in [-0.25, -0.2) is 0 Å². The van der Waals surface area contributed by atoms with Gasteiger partial charge in [-0.05, 0) is 36.6 Å².